The molecule has 0 aliphatic carbocycles. The number of para-hydroxylation sites is 2. The predicted molar refractivity (Wildman–Crippen MR) is 119 cm³/mol. The summed E-state index contributed by atoms with van der Waals surface area (Å²) in [5.74, 6) is 1.50. The quantitative estimate of drug-likeness (QED) is 0.585. The number of benzene rings is 2. The Morgan fingerprint density at radius 3 is 2.71 bits per heavy atom. The number of piperidine rings is 1. The number of methoxy groups -OCH3 is 1. The first kappa shape index (κ1) is 21.1. The number of nitrogens with zero attached hydrogens (tertiary/aromatic N) is 3. The third-order valence-electron chi connectivity index (χ3n) is 5.52. The Kier molecular flexibility index (Phi) is 6.94. The molecule has 0 radical (unpaired) electrons. The number of aromatic nitrogens is 2. The van der Waals surface area contributed by atoms with Crippen LogP contribution in [0.4, 0.5) is 5.69 Å². The van der Waals surface area contributed by atoms with Gasteiger partial charge in [0.15, 0.2) is 0 Å². The van der Waals surface area contributed by atoms with Crippen molar-refractivity contribution < 1.29 is 14.1 Å². The Balaban J connectivity index is 1.34. The van der Waals surface area contributed by atoms with Crippen molar-refractivity contribution in [1.29, 1.82) is 0 Å². The molecular weight excluding hydrogens is 392 g/mol. The van der Waals surface area contributed by atoms with Gasteiger partial charge in [-0.15, -0.1) is 0 Å². The highest BCUT2D eigenvalue weighted by Crippen LogP contribution is 2.27. The number of ether oxygens (including phenoxy) is 1. The summed E-state index contributed by atoms with van der Waals surface area (Å²) in [5.41, 5.74) is 2.78. The molecule has 2 heterocycles. The lowest BCUT2D eigenvalue weighted by Crippen LogP contribution is -2.29. The molecule has 31 heavy (non-hydrogen) atoms. The van der Waals surface area contributed by atoms with Crippen LogP contribution in [-0.4, -0.2) is 41.1 Å². The van der Waals surface area contributed by atoms with E-state index in [1.165, 1.54) is 19.3 Å². The zero-order chi connectivity index (χ0) is 21.5. The highest BCUT2D eigenvalue weighted by molar-refractivity contribution is 5.91. The first-order valence-corrected chi connectivity index (χ1v) is 10.8. The average Bonchev–Trinajstić information content (AvgIpc) is 3.29. The number of anilines is 1. The molecule has 1 aliphatic rings. The van der Waals surface area contributed by atoms with Crippen LogP contribution >= 0.6 is 0 Å². The van der Waals surface area contributed by atoms with E-state index < -0.39 is 0 Å². The molecule has 1 N–H and O–H groups in total. The van der Waals surface area contributed by atoms with Gasteiger partial charge in [-0.2, -0.15) is 4.98 Å². The van der Waals surface area contributed by atoms with Crippen molar-refractivity contribution in [3.05, 3.63) is 60.0 Å². The van der Waals surface area contributed by atoms with Gasteiger partial charge in [0.1, 0.15) is 5.75 Å². The fourth-order valence-electron chi connectivity index (χ4n) is 3.87. The van der Waals surface area contributed by atoms with Gasteiger partial charge in [-0.1, -0.05) is 41.9 Å². The van der Waals surface area contributed by atoms with Gasteiger partial charge in [-0.25, -0.2) is 0 Å². The van der Waals surface area contributed by atoms with Crippen molar-refractivity contribution in [1.82, 2.24) is 15.0 Å². The Morgan fingerprint density at radius 1 is 1.10 bits per heavy atom. The Bertz CT molecular complexity index is 1010. The average molecular weight is 421 g/mol. The van der Waals surface area contributed by atoms with Crippen LogP contribution in [0.3, 0.4) is 0 Å². The predicted octanol–water partition coefficient (Wildman–Crippen LogP) is 4.30. The molecule has 1 aromatic heterocycles. The van der Waals surface area contributed by atoms with E-state index >= 15 is 0 Å². The second kappa shape index (κ2) is 10.2. The normalized spacial score (nSPS) is 14.4. The van der Waals surface area contributed by atoms with E-state index in [1.54, 1.807) is 7.11 Å². The molecule has 7 nitrogen and oxygen atoms in total. The fraction of sp³-hybridized carbons (Fsp3) is 0.375. The van der Waals surface area contributed by atoms with Gasteiger partial charge in [-0.3, -0.25) is 9.69 Å². The molecule has 1 fully saturated rings. The minimum atomic E-state index is -0.0665. The summed E-state index contributed by atoms with van der Waals surface area (Å²) >= 11 is 0. The van der Waals surface area contributed by atoms with E-state index in [9.17, 15) is 4.79 Å². The number of hydrogen-bond donors (Lipinski definition) is 1. The highest BCUT2D eigenvalue weighted by atomic mass is 16.5. The van der Waals surface area contributed by atoms with Crippen molar-refractivity contribution in [2.24, 2.45) is 0 Å². The SMILES string of the molecule is COc1ccccc1-c1noc(CCC(=O)Nc2ccccc2CN2CCCCC2)n1. The maximum atomic E-state index is 12.6. The van der Waals surface area contributed by atoms with Crippen molar-refractivity contribution in [2.75, 3.05) is 25.5 Å². The van der Waals surface area contributed by atoms with Crippen molar-refractivity contribution in [3.8, 4) is 17.1 Å². The number of carbonyl (C=O) groups is 1. The standard InChI is InChI=1S/C24H28N4O3/c1-30-21-12-6-4-10-19(21)24-26-23(31-27-24)14-13-22(29)25-20-11-5-3-9-18(20)17-28-15-7-2-8-16-28/h3-6,9-12H,2,7-8,13-17H2,1H3,(H,25,29). The van der Waals surface area contributed by atoms with Gasteiger partial charge in [0.25, 0.3) is 0 Å². The summed E-state index contributed by atoms with van der Waals surface area (Å²) < 4.78 is 10.7. The molecule has 1 saturated heterocycles. The number of likely N-dealkylation sites (tertiary alicyclic amines) is 1. The van der Waals surface area contributed by atoms with E-state index in [0.717, 1.165) is 36.4 Å². The summed E-state index contributed by atoms with van der Waals surface area (Å²) in [6, 6.07) is 15.5. The zero-order valence-corrected chi connectivity index (χ0v) is 17.8. The molecule has 0 saturated carbocycles. The van der Waals surface area contributed by atoms with Gasteiger partial charge in [-0.05, 0) is 49.7 Å². The first-order chi connectivity index (χ1) is 15.2. The van der Waals surface area contributed by atoms with Crippen LogP contribution in [0.2, 0.25) is 0 Å². The molecular formula is C24H28N4O3. The first-order valence-electron chi connectivity index (χ1n) is 10.8. The molecule has 1 aliphatic heterocycles. The number of nitrogens with one attached hydrogen (secondary N) is 1. The van der Waals surface area contributed by atoms with Crippen molar-refractivity contribution >= 4 is 11.6 Å². The summed E-state index contributed by atoms with van der Waals surface area (Å²) in [6.07, 6.45) is 4.45. The summed E-state index contributed by atoms with van der Waals surface area (Å²) in [5, 5.41) is 7.08. The minimum absolute atomic E-state index is 0.0665. The number of amides is 1. The fourth-order valence-corrected chi connectivity index (χ4v) is 3.87. The minimum Gasteiger partial charge on any atom is -0.496 e. The third kappa shape index (κ3) is 5.49. The van der Waals surface area contributed by atoms with Gasteiger partial charge < -0.3 is 14.6 Å². The molecule has 0 spiro atoms. The molecule has 7 heteroatoms. The summed E-state index contributed by atoms with van der Waals surface area (Å²) in [7, 11) is 1.60. The number of carbonyl (C=O) groups excluding carboxylic acids is 1. The Labute approximate surface area is 182 Å². The molecule has 0 atom stereocenters. The molecule has 0 unspecified atom stereocenters. The van der Waals surface area contributed by atoms with E-state index in [4.69, 9.17) is 9.26 Å². The topological polar surface area (TPSA) is 80.5 Å². The van der Waals surface area contributed by atoms with Crippen LogP contribution in [0.25, 0.3) is 11.4 Å². The van der Waals surface area contributed by atoms with Crippen molar-refractivity contribution in [3.63, 3.8) is 0 Å². The maximum Gasteiger partial charge on any atom is 0.227 e. The zero-order valence-electron chi connectivity index (χ0n) is 17.8. The van der Waals surface area contributed by atoms with Crippen LogP contribution in [-0.2, 0) is 17.8 Å². The van der Waals surface area contributed by atoms with E-state index in [1.807, 2.05) is 42.5 Å². The Morgan fingerprint density at radius 2 is 1.87 bits per heavy atom. The highest BCUT2D eigenvalue weighted by Gasteiger charge is 2.16. The largest absolute Gasteiger partial charge is 0.496 e. The molecule has 162 valence electrons. The molecule has 0 bridgehead atoms. The van der Waals surface area contributed by atoms with Gasteiger partial charge >= 0.3 is 0 Å². The maximum absolute atomic E-state index is 12.6. The molecule has 3 aromatic rings. The third-order valence-corrected chi connectivity index (χ3v) is 5.52. The number of hydrogen-bond acceptors (Lipinski definition) is 6. The molecule has 2 aromatic carbocycles. The van der Waals surface area contributed by atoms with Gasteiger partial charge in [0, 0.05) is 25.1 Å². The second-order valence-electron chi connectivity index (χ2n) is 7.75. The smallest absolute Gasteiger partial charge is 0.227 e. The van der Waals surface area contributed by atoms with E-state index in [0.29, 0.717) is 23.9 Å². The van der Waals surface area contributed by atoms with Crippen LogP contribution < -0.4 is 10.1 Å². The number of rotatable bonds is 8. The lowest BCUT2D eigenvalue weighted by Gasteiger charge is -2.27. The monoisotopic (exact) mass is 420 g/mol. The van der Waals surface area contributed by atoms with Crippen LogP contribution in [0.1, 0.15) is 37.1 Å². The van der Waals surface area contributed by atoms with E-state index in [-0.39, 0.29) is 12.3 Å². The van der Waals surface area contributed by atoms with Gasteiger partial charge in [0.2, 0.25) is 17.6 Å². The Hall–Kier alpha value is -3.19. The summed E-state index contributed by atoms with van der Waals surface area (Å²) in [4.78, 5) is 19.4. The van der Waals surface area contributed by atoms with Crippen LogP contribution in [0.15, 0.2) is 53.1 Å². The van der Waals surface area contributed by atoms with Gasteiger partial charge in [0.05, 0.1) is 12.7 Å². The lowest BCUT2D eigenvalue weighted by atomic mass is 10.1. The summed E-state index contributed by atoms with van der Waals surface area (Å²) in [6.45, 7) is 3.10. The molecule has 4 rings (SSSR count). The van der Waals surface area contributed by atoms with Crippen LogP contribution in [0.5, 0.6) is 5.75 Å². The molecule has 1 amide bonds. The van der Waals surface area contributed by atoms with Crippen molar-refractivity contribution in [2.45, 2.75) is 38.6 Å². The van der Waals surface area contributed by atoms with Crippen LogP contribution in [0, 0.1) is 0 Å². The lowest BCUT2D eigenvalue weighted by molar-refractivity contribution is -0.116. The van der Waals surface area contributed by atoms with E-state index in [2.05, 4.69) is 26.4 Å². The number of aryl methyl sites for hydroxylation is 1. The second-order valence-corrected chi connectivity index (χ2v) is 7.75.